The maximum absolute atomic E-state index is 12.6. The van der Waals surface area contributed by atoms with E-state index in [0.717, 1.165) is 5.56 Å². The fourth-order valence-corrected chi connectivity index (χ4v) is 3.20. The number of hydrogen-bond donors (Lipinski definition) is 1. The first kappa shape index (κ1) is 20.1. The Morgan fingerprint density at radius 1 is 1.15 bits per heavy atom. The van der Waals surface area contributed by atoms with Crippen LogP contribution in [0.2, 0.25) is 0 Å². The van der Waals surface area contributed by atoms with Crippen molar-refractivity contribution >= 4 is 18.3 Å². The molecule has 1 aliphatic rings. The SMILES string of the molecule is Cl.N[C@@H]1CN(C(=O)Cc2cccc(OC(F)F)c2)C[C@H]1c1ccccc1. The molecule has 2 N–H and O–H groups in total. The van der Waals surface area contributed by atoms with Gasteiger partial charge >= 0.3 is 6.61 Å². The fourth-order valence-electron chi connectivity index (χ4n) is 3.20. The minimum atomic E-state index is -2.88. The van der Waals surface area contributed by atoms with Crippen LogP contribution in [0, 0.1) is 0 Å². The molecule has 0 radical (unpaired) electrons. The normalized spacial score (nSPS) is 19.3. The molecule has 2 aromatic rings. The lowest BCUT2D eigenvalue weighted by Gasteiger charge is -2.17. The zero-order valence-electron chi connectivity index (χ0n) is 14.1. The van der Waals surface area contributed by atoms with Gasteiger partial charge < -0.3 is 15.4 Å². The van der Waals surface area contributed by atoms with Gasteiger partial charge in [0, 0.05) is 25.0 Å². The molecule has 0 saturated carbocycles. The summed E-state index contributed by atoms with van der Waals surface area (Å²) in [5.74, 6) is 0.0994. The lowest BCUT2D eigenvalue weighted by Crippen LogP contribution is -2.33. The number of rotatable bonds is 5. The maximum Gasteiger partial charge on any atom is 0.387 e. The molecule has 0 aromatic heterocycles. The highest BCUT2D eigenvalue weighted by Crippen LogP contribution is 2.27. The summed E-state index contributed by atoms with van der Waals surface area (Å²) in [5.41, 5.74) is 7.98. The molecule has 4 nitrogen and oxygen atoms in total. The number of carbonyl (C=O) groups is 1. The van der Waals surface area contributed by atoms with E-state index in [0.29, 0.717) is 18.7 Å². The molecule has 1 heterocycles. The van der Waals surface area contributed by atoms with Gasteiger partial charge in [0.1, 0.15) is 5.75 Å². The second-order valence-electron chi connectivity index (χ2n) is 6.18. The molecule has 0 aliphatic carbocycles. The number of carbonyl (C=O) groups excluding carboxylic acids is 1. The van der Waals surface area contributed by atoms with E-state index in [-0.39, 0.29) is 42.4 Å². The van der Waals surface area contributed by atoms with E-state index < -0.39 is 6.61 Å². The van der Waals surface area contributed by atoms with E-state index in [9.17, 15) is 13.6 Å². The van der Waals surface area contributed by atoms with E-state index in [1.165, 1.54) is 12.1 Å². The number of hydrogen-bond acceptors (Lipinski definition) is 3. The molecule has 7 heteroatoms. The average Bonchev–Trinajstić information content (AvgIpc) is 2.97. The van der Waals surface area contributed by atoms with Crippen molar-refractivity contribution in [3.63, 3.8) is 0 Å². The van der Waals surface area contributed by atoms with Crippen LogP contribution in [0.4, 0.5) is 8.78 Å². The number of benzene rings is 2. The third-order valence-corrected chi connectivity index (χ3v) is 4.42. The van der Waals surface area contributed by atoms with Crippen LogP contribution in [0.3, 0.4) is 0 Å². The molecule has 1 saturated heterocycles. The average molecular weight is 383 g/mol. The summed E-state index contributed by atoms with van der Waals surface area (Å²) in [7, 11) is 0. The predicted molar refractivity (Wildman–Crippen MR) is 97.8 cm³/mol. The van der Waals surface area contributed by atoms with Crippen molar-refractivity contribution in [1.82, 2.24) is 4.90 Å². The van der Waals surface area contributed by atoms with Crippen LogP contribution >= 0.6 is 12.4 Å². The number of likely N-dealkylation sites (tertiary alicyclic amines) is 1. The van der Waals surface area contributed by atoms with Crippen molar-refractivity contribution in [2.24, 2.45) is 5.73 Å². The Morgan fingerprint density at radius 3 is 2.58 bits per heavy atom. The van der Waals surface area contributed by atoms with Gasteiger partial charge in [0.25, 0.3) is 0 Å². The number of amides is 1. The van der Waals surface area contributed by atoms with Gasteiger partial charge in [-0.3, -0.25) is 4.79 Å². The number of halogens is 3. The fraction of sp³-hybridized carbons (Fsp3) is 0.316. The Morgan fingerprint density at radius 2 is 1.88 bits per heavy atom. The summed E-state index contributed by atoms with van der Waals surface area (Å²) >= 11 is 0. The smallest absolute Gasteiger partial charge is 0.387 e. The summed E-state index contributed by atoms with van der Waals surface area (Å²) in [6.07, 6.45) is 0.134. The summed E-state index contributed by atoms with van der Waals surface area (Å²) in [4.78, 5) is 14.3. The zero-order valence-corrected chi connectivity index (χ0v) is 14.9. The van der Waals surface area contributed by atoms with Crippen molar-refractivity contribution in [2.75, 3.05) is 13.1 Å². The summed E-state index contributed by atoms with van der Waals surface area (Å²) < 4.78 is 29.0. The van der Waals surface area contributed by atoms with E-state index in [4.69, 9.17) is 5.73 Å². The van der Waals surface area contributed by atoms with Gasteiger partial charge in [0.05, 0.1) is 6.42 Å². The highest BCUT2D eigenvalue weighted by Gasteiger charge is 2.33. The Bertz CT molecular complexity index is 730. The van der Waals surface area contributed by atoms with Gasteiger partial charge in [-0.15, -0.1) is 12.4 Å². The number of nitrogens with two attached hydrogens (primary N) is 1. The van der Waals surface area contributed by atoms with Crippen molar-refractivity contribution < 1.29 is 18.3 Å². The second-order valence-corrected chi connectivity index (χ2v) is 6.18. The van der Waals surface area contributed by atoms with Gasteiger partial charge in [0.15, 0.2) is 0 Å². The summed E-state index contributed by atoms with van der Waals surface area (Å²) in [6.45, 7) is -1.82. The molecule has 2 aromatic carbocycles. The van der Waals surface area contributed by atoms with Crippen LogP contribution in [0.15, 0.2) is 54.6 Å². The van der Waals surface area contributed by atoms with E-state index in [1.807, 2.05) is 30.3 Å². The highest BCUT2D eigenvalue weighted by atomic mass is 35.5. The number of alkyl halides is 2. The quantitative estimate of drug-likeness (QED) is 0.864. The van der Waals surface area contributed by atoms with Crippen LogP contribution in [-0.4, -0.2) is 36.5 Å². The monoisotopic (exact) mass is 382 g/mol. The Kier molecular flexibility index (Phi) is 6.94. The molecule has 140 valence electrons. The largest absolute Gasteiger partial charge is 0.435 e. The van der Waals surface area contributed by atoms with Crippen LogP contribution in [0.5, 0.6) is 5.75 Å². The molecule has 1 amide bonds. The standard InChI is InChI=1S/C19H20F2N2O2.ClH/c20-19(21)25-15-8-4-5-13(9-15)10-18(24)23-11-16(17(22)12-23)14-6-2-1-3-7-14;/h1-9,16-17,19H,10-12,22H2;1H/t16-,17+;/m0./s1. The molecular weight excluding hydrogens is 362 g/mol. The Balaban J connectivity index is 0.00000243. The van der Waals surface area contributed by atoms with E-state index >= 15 is 0 Å². The topological polar surface area (TPSA) is 55.6 Å². The zero-order chi connectivity index (χ0) is 17.8. The first-order valence-electron chi connectivity index (χ1n) is 8.15. The molecule has 0 unspecified atom stereocenters. The third kappa shape index (κ3) is 4.93. The first-order valence-corrected chi connectivity index (χ1v) is 8.15. The second kappa shape index (κ2) is 8.96. The summed E-state index contributed by atoms with van der Waals surface area (Å²) in [5, 5.41) is 0. The van der Waals surface area contributed by atoms with Gasteiger partial charge in [-0.2, -0.15) is 8.78 Å². The van der Waals surface area contributed by atoms with Crippen LogP contribution in [0.25, 0.3) is 0 Å². The van der Waals surface area contributed by atoms with Crippen molar-refractivity contribution in [3.8, 4) is 5.75 Å². The lowest BCUT2D eigenvalue weighted by atomic mass is 9.95. The van der Waals surface area contributed by atoms with Gasteiger partial charge in [-0.1, -0.05) is 42.5 Å². The van der Waals surface area contributed by atoms with Crippen molar-refractivity contribution in [2.45, 2.75) is 25.0 Å². The molecule has 3 rings (SSSR count). The molecule has 1 fully saturated rings. The minimum Gasteiger partial charge on any atom is -0.435 e. The molecular formula is C19H21ClF2N2O2. The van der Waals surface area contributed by atoms with E-state index in [1.54, 1.807) is 17.0 Å². The molecule has 1 aliphatic heterocycles. The number of ether oxygens (including phenoxy) is 1. The van der Waals surface area contributed by atoms with Crippen LogP contribution in [0.1, 0.15) is 17.0 Å². The molecule has 26 heavy (non-hydrogen) atoms. The molecule has 2 atom stereocenters. The first-order chi connectivity index (χ1) is 12.0. The Labute approximate surface area is 157 Å². The predicted octanol–water partition coefficient (Wildman–Crippen LogP) is 3.21. The Hall–Kier alpha value is -2.18. The lowest BCUT2D eigenvalue weighted by molar-refractivity contribution is -0.129. The maximum atomic E-state index is 12.6. The molecule has 0 spiro atoms. The number of nitrogens with zero attached hydrogens (tertiary/aromatic N) is 1. The van der Waals surface area contributed by atoms with E-state index in [2.05, 4.69) is 4.74 Å². The van der Waals surface area contributed by atoms with Gasteiger partial charge in [0.2, 0.25) is 5.91 Å². The van der Waals surface area contributed by atoms with Gasteiger partial charge in [-0.25, -0.2) is 0 Å². The van der Waals surface area contributed by atoms with Crippen LogP contribution < -0.4 is 10.5 Å². The van der Waals surface area contributed by atoms with Crippen molar-refractivity contribution in [3.05, 3.63) is 65.7 Å². The molecule has 0 bridgehead atoms. The van der Waals surface area contributed by atoms with Crippen LogP contribution in [-0.2, 0) is 11.2 Å². The minimum absolute atomic E-state index is 0. The van der Waals surface area contributed by atoms with Gasteiger partial charge in [-0.05, 0) is 23.3 Å². The summed E-state index contributed by atoms with van der Waals surface area (Å²) in [6, 6.07) is 16.0. The highest BCUT2D eigenvalue weighted by molar-refractivity contribution is 5.85. The van der Waals surface area contributed by atoms with Crippen molar-refractivity contribution in [1.29, 1.82) is 0 Å². The third-order valence-electron chi connectivity index (χ3n) is 4.42.